The first-order valence-corrected chi connectivity index (χ1v) is 26.9. The Hall–Kier alpha value is -9.06. The molecular weight excluding hydrogens is 936 g/mol. The number of anilines is 6. The van der Waals surface area contributed by atoms with Crippen LogP contribution in [0.3, 0.4) is 0 Å². The smallest absolute Gasteiger partial charge is 0.256 e. The van der Waals surface area contributed by atoms with E-state index in [1.165, 1.54) is 43.7 Å². The summed E-state index contributed by atoms with van der Waals surface area (Å²) in [5, 5.41) is 6.97. The molecule has 5 heteroatoms. The molecule has 1 aromatic heterocycles. The van der Waals surface area contributed by atoms with E-state index in [2.05, 4.69) is 288 Å². The van der Waals surface area contributed by atoms with Crippen molar-refractivity contribution < 1.29 is 9.15 Å². The van der Waals surface area contributed by atoms with Crippen molar-refractivity contribution in [3.63, 3.8) is 0 Å². The molecule has 0 unspecified atom stereocenters. The average Bonchev–Trinajstić information content (AvgIpc) is 4.06. The highest BCUT2D eigenvalue weighted by Crippen LogP contribution is 2.49. The van der Waals surface area contributed by atoms with E-state index in [9.17, 15) is 0 Å². The van der Waals surface area contributed by atoms with Crippen LogP contribution < -0.4 is 30.9 Å². The Kier molecular flexibility index (Phi) is 10.7. The Morgan fingerprint density at radius 2 is 0.987 bits per heavy atom. The van der Waals surface area contributed by atoms with Crippen LogP contribution in [0, 0.1) is 0 Å². The molecule has 0 aliphatic carbocycles. The third kappa shape index (κ3) is 7.91. The second kappa shape index (κ2) is 17.8. The van der Waals surface area contributed by atoms with Crippen molar-refractivity contribution in [3.05, 3.63) is 248 Å². The summed E-state index contributed by atoms with van der Waals surface area (Å²) in [5.41, 5.74) is 16.7. The summed E-state index contributed by atoms with van der Waals surface area (Å²) in [5.74, 6) is 3.43. The van der Waals surface area contributed by atoms with Crippen LogP contribution in [0.1, 0.15) is 52.7 Å². The molecule has 0 saturated carbocycles. The van der Waals surface area contributed by atoms with Crippen LogP contribution in [-0.2, 0) is 10.8 Å². The van der Waals surface area contributed by atoms with Crippen molar-refractivity contribution in [2.45, 2.75) is 52.4 Å². The van der Waals surface area contributed by atoms with E-state index in [0.717, 1.165) is 95.5 Å². The number of fused-ring (bicyclic) bond motifs is 7. The first-order valence-electron chi connectivity index (χ1n) is 26.9. The van der Waals surface area contributed by atoms with E-state index in [0.29, 0.717) is 0 Å². The number of furan rings is 1. The zero-order valence-electron chi connectivity index (χ0n) is 44.3. The molecule has 0 N–H and O–H groups in total. The van der Waals surface area contributed by atoms with Gasteiger partial charge in [-0.15, -0.1) is 0 Å². The van der Waals surface area contributed by atoms with Gasteiger partial charge in [0, 0.05) is 62.1 Å². The van der Waals surface area contributed by atoms with E-state index >= 15 is 0 Å². The lowest BCUT2D eigenvalue weighted by molar-refractivity contribution is 0.483. The van der Waals surface area contributed by atoms with Crippen LogP contribution in [0.25, 0.3) is 66.1 Å². The standard InChI is InChI=1S/C72H57BN2O2/c1-71(2,3)52-32-35-54(36-33-52)75-64-45-61-60(69(48-21-9-7-10-22-48)77-70(61)49-23-11-8-12-24-49)44-63(64)73-62-38-37-57(43-66(62)76-67-42-53(72(4,5)6)41-65(75)68(67)73)74(56-34-31-46-19-13-14-25-50(46)39-56)55-28-17-27-51(40-55)59-30-18-26-47-20-15-16-29-58(47)59/h7-45H,1-6H3. The van der Waals surface area contributed by atoms with E-state index in [4.69, 9.17) is 9.15 Å². The summed E-state index contributed by atoms with van der Waals surface area (Å²) in [4.78, 5) is 4.88. The number of ether oxygens (including phenoxy) is 1. The number of hydrogen-bond donors (Lipinski definition) is 0. The Morgan fingerprint density at radius 3 is 1.71 bits per heavy atom. The molecule has 0 amide bonds. The molecule has 0 saturated heterocycles. The largest absolute Gasteiger partial charge is 0.458 e. The molecule has 2 aliphatic rings. The van der Waals surface area contributed by atoms with Crippen LogP contribution in [0.4, 0.5) is 34.1 Å². The van der Waals surface area contributed by atoms with Gasteiger partial charge in [0.25, 0.3) is 6.71 Å². The minimum atomic E-state index is -0.184. The first kappa shape index (κ1) is 46.5. The van der Waals surface area contributed by atoms with Gasteiger partial charge in [0.05, 0.1) is 0 Å². The molecule has 370 valence electrons. The van der Waals surface area contributed by atoms with Crippen LogP contribution in [0.2, 0.25) is 0 Å². The minimum Gasteiger partial charge on any atom is -0.458 e. The predicted molar refractivity (Wildman–Crippen MR) is 325 cm³/mol. The molecule has 12 aromatic rings. The molecule has 0 spiro atoms. The summed E-state index contributed by atoms with van der Waals surface area (Å²) < 4.78 is 14.6. The summed E-state index contributed by atoms with van der Waals surface area (Å²) in [6.45, 7) is 13.6. The van der Waals surface area contributed by atoms with Gasteiger partial charge in [-0.1, -0.05) is 211 Å². The minimum absolute atomic E-state index is 0.00397. The zero-order valence-corrected chi connectivity index (χ0v) is 44.3. The van der Waals surface area contributed by atoms with Crippen molar-refractivity contribution >= 4 is 89.5 Å². The molecule has 0 bridgehead atoms. The van der Waals surface area contributed by atoms with Crippen molar-refractivity contribution in [2.75, 3.05) is 9.80 Å². The number of benzene rings is 11. The van der Waals surface area contributed by atoms with Crippen molar-refractivity contribution in [2.24, 2.45) is 0 Å². The van der Waals surface area contributed by atoms with Gasteiger partial charge in [0.1, 0.15) is 23.0 Å². The quantitative estimate of drug-likeness (QED) is 0.149. The van der Waals surface area contributed by atoms with E-state index in [-0.39, 0.29) is 17.5 Å². The molecular formula is C72H57BN2O2. The maximum Gasteiger partial charge on any atom is 0.256 e. The SMILES string of the molecule is CC(C)(C)c1ccc(N2c3cc4c(-c5ccccc5)oc(-c5ccccc5)c4cc3B3c4ccc(N(c5cccc(-c6cccc7ccccc67)c5)c5ccc6ccccc6c5)cc4Oc4cc(C(C)(C)C)cc2c43)cc1. The highest BCUT2D eigenvalue weighted by atomic mass is 16.5. The lowest BCUT2D eigenvalue weighted by Crippen LogP contribution is -2.59. The second-order valence-electron chi connectivity index (χ2n) is 22.9. The lowest BCUT2D eigenvalue weighted by atomic mass is 9.34. The molecule has 2 aliphatic heterocycles. The number of rotatable bonds is 7. The monoisotopic (exact) mass is 992 g/mol. The van der Waals surface area contributed by atoms with E-state index in [1.807, 2.05) is 0 Å². The highest BCUT2D eigenvalue weighted by molar-refractivity contribution is 6.99. The summed E-state index contributed by atoms with van der Waals surface area (Å²) in [6, 6.07) is 86.4. The fourth-order valence-corrected chi connectivity index (χ4v) is 12.0. The van der Waals surface area contributed by atoms with Crippen LogP contribution in [0.5, 0.6) is 11.5 Å². The first-order chi connectivity index (χ1) is 37.4. The highest BCUT2D eigenvalue weighted by Gasteiger charge is 2.44. The zero-order chi connectivity index (χ0) is 52.2. The fourth-order valence-electron chi connectivity index (χ4n) is 12.0. The lowest BCUT2D eigenvalue weighted by Gasteiger charge is -2.41. The fraction of sp³-hybridized carbons (Fsp3) is 0.111. The summed E-state index contributed by atoms with van der Waals surface area (Å²) >= 11 is 0. The maximum atomic E-state index is 7.47. The predicted octanol–water partition coefficient (Wildman–Crippen LogP) is 18.2. The third-order valence-corrected chi connectivity index (χ3v) is 16.0. The van der Waals surface area contributed by atoms with E-state index < -0.39 is 0 Å². The van der Waals surface area contributed by atoms with Crippen molar-refractivity contribution in [1.82, 2.24) is 0 Å². The van der Waals surface area contributed by atoms with Gasteiger partial charge in [-0.2, -0.15) is 0 Å². The average molecular weight is 993 g/mol. The van der Waals surface area contributed by atoms with E-state index in [1.54, 1.807) is 0 Å². The Balaban J connectivity index is 1.01. The molecule has 0 atom stereocenters. The Labute approximate surface area is 451 Å². The third-order valence-electron chi connectivity index (χ3n) is 16.0. The van der Waals surface area contributed by atoms with Gasteiger partial charge in [-0.25, -0.2) is 0 Å². The summed E-state index contributed by atoms with van der Waals surface area (Å²) in [7, 11) is 0. The van der Waals surface area contributed by atoms with Crippen LogP contribution in [-0.4, -0.2) is 6.71 Å². The van der Waals surface area contributed by atoms with Gasteiger partial charge in [0.2, 0.25) is 0 Å². The maximum absolute atomic E-state index is 7.47. The molecule has 11 aromatic carbocycles. The number of nitrogens with zero attached hydrogens (tertiary/aromatic N) is 2. The van der Waals surface area contributed by atoms with Crippen molar-refractivity contribution in [1.29, 1.82) is 0 Å². The molecule has 0 fully saturated rings. The molecule has 77 heavy (non-hydrogen) atoms. The second-order valence-corrected chi connectivity index (χ2v) is 22.9. The van der Waals surface area contributed by atoms with Gasteiger partial charge in [-0.3, -0.25) is 0 Å². The van der Waals surface area contributed by atoms with Crippen LogP contribution >= 0.6 is 0 Å². The topological polar surface area (TPSA) is 28.9 Å². The van der Waals surface area contributed by atoms with Gasteiger partial charge >= 0.3 is 0 Å². The molecule has 4 nitrogen and oxygen atoms in total. The Morgan fingerprint density at radius 1 is 0.390 bits per heavy atom. The molecule has 3 heterocycles. The van der Waals surface area contributed by atoms with Crippen molar-refractivity contribution in [3.8, 4) is 45.3 Å². The normalized spacial score (nSPS) is 12.9. The van der Waals surface area contributed by atoms with Gasteiger partial charge in [0.15, 0.2) is 0 Å². The molecule has 0 radical (unpaired) electrons. The van der Waals surface area contributed by atoms with Gasteiger partial charge < -0.3 is 19.0 Å². The van der Waals surface area contributed by atoms with Crippen LogP contribution in [0.15, 0.2) is 241 Å². The molecule has 14 rings (SSSR count). The summed E-state index contributed by atoms with van der Waals surface area (Å²) in [6.07, 6.45) is 0. The van der Waals surface area contributed by atoms with Gasteiger partial charge in [-0.05, 0) is 132 Å². The Bertz CT molecular complexity index is 4270. The number of hydrogen-bond acceptors (Lipinski definition) is 4.